The minimum atomic E-state index is -0.207. The zero-order valence-corrected chi connectivity index (χ0v) is 21.3. The lowest BCUT2D eigenvalue weighted by molar-refractivity contribution is 0.341. The molecule has 8 nitrogen and oxygen atoms in total. The predicted molar refractivity (Wildman–Crippen MR) is 145 cm³/mol. The van der Waals surface area contributed by atoms with Gasteiger partial charge in [0.1, 0.15) is 11.3 Å². The molecule has 10 heteroatoms. The third kappa shape index (κ3) is 3.61. The first-order valence-electron chi connectivity index (χ1n) is 12.5. The Kier molecular flexibility index (Phi) is 5.41. The molecule has 0 bridgehead atoms. The molecule has 0 amide bonds. The van der Waals surface area contributed by atoms with Gasteiger partial charge in [-0.3, -0.25) is 9.36 Å². The van der Waals surface area contributed by atoms with Gasteiger partial charge in [0.25, 0.3) is 5.56 Å². The highest BCUT2D eigenvalue weighted by Gasteiger charge is 2.46. The smallest absolute Gasteiger partial charge is 0.267 e. The lowest BCUT2D eigenvalue weighted by atomic mass is 9.84. The number of anilines is 1. The third-order valence-corrected chi connectivity index (χ3v) is 8.24. The van der Waals surface area contributed by atoms with E-state index in [2.05, 4.69) is 19.9 Å². The molecule has 0 radical (unpaired) electrons. The molecule has 1 aliphatic heterocycles. The number of hydrogen-bond donors (Lipinski definition) is 1. The molecule has 1 saturated carbocycles. The highest BCUT2D eigenvalue weighted by atomic mass is 35.5. The van der Waals surface area contributed by atoms with Gasteiger partial charge in [-0.25, -0.2) is 9.97 Å². The molecule has 0 unspecified atom stereocenters. The second-order valence-corrected chi connectivity index (χ2v) is 10.5. The number of hydrogen-bond acceptors (Lipinski definition) is 6. The van der Waals surface area contributed by atoms with Crippen LogP contribution in [0.4, 0.5) is 5.82 Å². The van der Waals surface area contributed by atoms with Crippen LogP contribution in [0.2, 0.25) is 10.3 Å². The number of nitrogens with zero attached hydrogens (tertiary/aromatic N) is 6. The van der Waals surface area contributed by atoms with Gasteiger partial charge < -0.3 is 9.88 Å². The van der Waals surface area contributed by atoms with E-state index in [9.17, 15) is 4.79 Å². The average Bonchev–Trinajstić information content (AvgIpc) is 3.53. The summed E-state index contributed by atoms with van der Waals surface area (Å²) < 4.78 is 1.72. The largest absolute Gasteiger partial charge is 0.341 e. The number of benzene rings is 2. The van der Waals surface area contributed by atoms with Crippen LogP contribution in [-0.2, 0) is 0 Å². The Balaban J connectivity index is 1.52. The number of aromatic nitrogens is 6. The Hall–Kier alpha value is -3.49. The molecular weight excluding hydrogens is 509 g/mol. The average molecular weight is 532 g/mol. The van der Waals surface area contributed by atoms with Crippen molar-refractivity contribution in [1.82, 2.24) is 29.5 Å². The Morgan fingerprint density at radius 1 is 0.946 bits per heavy atom. The third-order valence-electron chi connectivity index (χ3n) is 7.76. The second-order valence-electron chi connectivity index (χ2n) is 9.77. The van der Waals surface area contributed by atoms with Gasteiger partial charge in [0.2, 0.25) is 5.28 Å². The summed E-state index contributed by atoms with van der Waals surface area (Å²) in [5, 5.41) is 0.955. The monoisotopic (exact) mass is 531 g/mol. The minimum Gasteiger partial charge on any atom is -0.341 e. The summed E-state index contributed by atoms with van der Waals surface area (Å²) in [6.45, 7) is 0. The molecule has 1 saturated heterocycles. The number of H-pyrrole nitrogens is 1. The zero-order chi connectivity index (χ0) is 25.1. The fourth-order valence-electron chi connectivity index (χ4n) is 6.23. The summed E-state index contributed by atoms with van der Waals surface area (Å²) in [5.41, 5.74) is 2.41. The Bertz CT molecular complexity index is 1700. The first-order valence-corrected chi connectivity index (χ1v) is 13.3. The Labute approximate surface area is 222 Å². The van der Waals surface area contributed by atoms with Crippen molar-refractivity contribution in [2.24, 2.45) is 5.92 Å². The second kappa shape index (κ2) is 8.82. The zero-order valence-electron chi connectivity index (χ0n) is 19.8. The van der Waals surface area contributed by atoms with Crippen molar-refractivity contribution in [3.8, 4) is 5.69 Å². The Morgan fingerprint density at radius 3 is 2.65 bits per heavy atom. The summed E-state index contributed by atoms with van der Waals surface area (Å²) in [7, 11) is 0. The molecule has 1 N–H and O–H groups in total. The van der Waals surface area contributed by atoms with Crippen molar-refractivity contribution < 1.29 is 0 Å². The number of imidazole rings is 1. The summed E-state index contributed by atoms with van der Waals surface area (Å²) in [5.74, 6) is 1.82. The minimum absolute atomic E-state index is 0.145. The van der Waals surface area contributed by atoms with Gasteiger partial charge >= 0.3 is 0 Å². The highest BCUT2D eigenvalue weighted by molar-refractivity contribution is 6.35. The van der Waals surface area contributed by atoms with Crippen LogP contribution in [0.5, 0.6) is 0 Å². The standard InChI is InChI=1S/C27H23Cl2N7O/c28-17-10-6-11-18-21(17)26(37)35(16-8-2-1-3-9-16)24(32-18)20-13-15-7-4-5-12-19(15)36(20)25-22-23(31-14-30-22)33-27(29)34-25/h1-3,6,8-11,14-15,19-20H,4-5,7,12-13H2,(H,30,31,33,34)/t15-,19-,20-/m0/s1. The van der Waals surface area contributed by atoms with Crippen molar-refractivity contribution >= 4 is 51.1 Å². The molecule has 5 aromatic rings. The van der Waals surface area contributed by atoms with Crippen LogP contribution in [0.3, 0.4) is 0 Å². The van der Waals surface area contributed by atoms with E-state index < -0.39 is 0 Å². The summed E-state index contributed by atoms with van der Waals surface area (Å²) in [6, 6.07) is 15.1. The maximum atomic E-state index is 14.1. The van der Waals surface area contributed by atoms with Crippen LogP contribution < -0.4 is 10.5 Å². The van der Waals surface area contributed by atoms with Crippen molar-refractivity contribution in [3.05, 3.63) is 81.3 Å². The van der Waals surface area contributed by atoms with E-state index in [1.54, 1.807) is 17.0 Å². The maximum absolute atomic E-state index is 14.1. The maximum Gasteiger partial charge on any atom is 0.267 e. The van der Waals surface area contributed by atoms with Crippen LogP contribution in [-0.4, -0.2) is 35.5 Å². The van der Waals surface area contributed by atoms with Crippen LogP contribution in [0.15, 0.2) is 59.7 Å². The van der Waals surface area contributed by atoms with Crippen molar-refractivity contribution in [1.29, 1.82) is 0 Å². The van der Waals surface area contributed by atoms with Gasteiger partial charge in [-0.05, 0) is 61.0 Å². The molecule has 2 fully saturated rings. The number of halogens is 2. The quantitative estimate of drug-likeness (QED) is 0.292. The van der Waals surface area contributed by atoms with Gasteiger partial charge in [-0.1, -0.05) is 48.7 Å². The van der Waals surface area contributed by atoms with Crippen molar-refractivity contribution in [2.75, 3.05) is 4.90 Å². The van der Waals surface area contributed by atoms with Crippen LogP contribution in [0, 0.1) is 5.92 Å². The number of para-hydroxylation sites is 1. The molecule has 7 rings (SSSR count). The SMILES string of the molecule is O=c1c2c(Cl)cccc2nc([C@@H]2C[C@@H]3CCCC[C@@H]3N2c2nc(Cl)nc3nc[nH]c23)n1-c1ccccc1. The molecule has 37 heavy (non-hydrogen) atoms. The lowest BCUT2D eigenvalue weighted by Gasteiger charge is -2.35. The molecular formula is C27H23Cl2N7O. The van der Waals surface area contributed by atoms with E-state index in [1.165, 1.54) is 6.42 Å². The summed E-state index contributed by atoms with van der Waals surface area (Å²) in [6.07, 6.45) is 6.95. The van der Waals surface area contributed by atoms with Gasteiger partial charge in [0, 0.05) is 6.04 Å². The van der Waals surface area contributed by atoms with E-state index in [4.69, 9.17) is 33.2 Å². The van der Waals surface area contributed by atoms with E-state index in [0.717, 1.165) is 36.9 Å². The van der Waals surface area contributed by atoms with E-state index in [1.807, 2.05) is 42.5 Å². The fraction of sp³-hybridized carbons (Fsp3) is 0.296. The van der Waals surface area contributed by atoms with Crippen molar-refractivity contribution in [2.45, 2.75) is 44.2 Å². The topological polar surface area (TPSA) is 92.6 Å². The molecule has 0 spiro atoms. The van der Waals surface area contributed by atoms with Gasteiger partial charge in [-0.2, -0.15) is 9.97 Å². The van der Waals surface area contributed by atoms with Gasteiger partial charge in [0.15, 0.2) is 11.5 Å². The lowest BCUT2D eigenvalue weighted by Crippen LogP contribution is -2.38. The van der Waals surface area contributed by atoms with Gasteiger partial charge in [0.05, 0.1) is 34.0 Å². The van der Waals surface area contributed by atoms with Crippen LogP contribution in [0.25, 0.3) is 27.8 Å². The molecule has 3 aromatic heterocycles. The van der Waals surface area contributed by atoms with Crippen molar-refractivity contribution in [3.63, 3.8) is 0 Å². The molecule has 186 valence electrons. The fourth-order valence-corrected chi connectivity index (χ4v) is 6.64. The van der Waals surface area contributed by atoms with E-state index >= 15 is 0 Å². The number of fused-ring (bicyclic) bond motifs is 3. The molecule has 4 heterocycles. The highest BCUT2D eigenvalue weighted by Crippen LogP contribution is 2.49. The molecule has 3 atom stereocenters. The molecule has 1 aliphatic carbocycles. The van der Waals surface area contributed by atoms with Gasteiger partial charge in [-0.15, -0.1) is 0 Å². The number of rotatable bonds is 3. The van der Waals surface area contributed by atoms with E-state index in [0.29, 0.717) is 39.1 Å². The number of aromatic amines is 1. The summed E-state index contributed by atoms with van der Waals surface area (Å²) >= 11 is 12.9. The van der Waals surface area contributed by atoms with Crippen LogP contribution in [0.1, 0.15) is 44.0 Å². The van der Waals surface area contributed by atoms with E-state index in [-0.39, 0.29) is 22.9 Å². The predicted octanol–water partition coefficient (Wildman–Crippen LogP) is 5.87. The van der Waals surface area contributed by atoms with Crippen LogP contribution >= 0.6 is 23.2 Å². The first-order chi connectivity index (χ1) is 18.1. The normalized spacial score (nSPS) is 21.6. The molecule has 2 aliphatic rings. The summed E-state index contributed by atoms with van der Waals surface area (Å²) in [4.78, 5) is 38.0. The first kappa shape index (κ1) is 22.7. The Morgan fingerprint density at radius 2 is 1.78 bits per heavy atom. The molecule has 2 aromatic carbocycles. The number of nitrogens with one attached hydrogen (secondary N) is 1.